The van der Waals surface area contributed by atoms with E-state index in [0.717, 1.165) is 15.7 Å². The molecule has 2 aromatic rings. The van der Waals surface area contributed by atoms with E-state index in [0.29, 0.717) is 11.4 Å². The van der Waals surface area contributed by atoms with Crippen molar-refractivity contribution in [3.63, 3.8) is 0 Å². The second kappa shape index (κ2) is 3.70. The first-order chi connectivity index (χ1) is 8.68. The molecule has 0 spiro atoms. The average Bonchev–Trinajstić information content (AvgIpc) is 2.69. The van der Waals surface area contributed by atoms with Crippen molar-refractivity contribution in [2.75, 3.05) is 10.6 Å². The van der Waals surface area contributed by atoms with Gasteiger partial charge in [0.15, 0.2) is 0 Å². The number of carbonyl (C=O) groups excluding carboxylic acids is 2. The molecule has 88 valence electrons. The number of imide groups is 1. The Bertz CT molecular complexity index is 681. The Morgan fingerprint density at radius 3 is 2.17 bits per heavy atom. The van der Waals surface area contributed by atoms with E-state index in [4.69, 9.17) is 5.73 Å². The summed E-state index contributed by atoms with van der Waals surface area (Å²) in [6, 6.07) is 10.9. The first kappa shape index (κ1) is 10.5. The number of fused-ring (bicyclic) bond motifs is 1. The summed E-state index contributed by atoms with van der Waals surface area (Å²) >= 11 is 0. The third-order valence-corrected chi connectivity index (χ3v) is 2.97. The zero-order valence-corrected chi connectivity index (χ0v) is 9.46. The number of amides is 2. The van der Waals surface area contributed by atoms with Gasteiger partial charge in [-0.3, -0.25) is 9.59 Å². The lowest BCUT2D eigenvalue weighted by atomic mass is 10.1. The van der Waals surface area contributed by atoms with Gasteiger partial charge in [-0.25, -0.2) is 4.90 Å². The summed E-state index contributed by atoms with van der Waals surface area (Å²) in [6.45, 7) is 0. The second-order valence-electron chi connectivity index (χ2n) is 4.07. The van der Waals surface area contributed by atoms with Gasteiger partial charge >= 0.3 is 0 Å². The zero-order valence-electron chi connectivity index (χ0n) is 9.46. The number of nitrogens with zero attached hydrogens (tertiary/aromatic N) is 1. The molecular weight excluding hydrogens is 228 g/mol. The first-order valence-electron chi connectivity index (χ1n) is 5.52. The van der Waals surface area contributed by atoms with Gasteiger partial charge in [-0.05, 0) is 17.5 Å². The molecule has 0 atom stereocenters. The van der Waals surface area contributed by atoms with Crippen LogP contribution in [-0.4, -0.2) is 11.8 Å². The quantitative estimate of drug-likeness (QED) is 0.609. The molecule has 2 aromatic carbocycles. The molecule has 2 N–H and O–H groups in total. The summed E-state index contributed by atoms with van der Waals surface area (Å²) < 4.78 is 0. The molecule has 0 saturated carbocycles. The summed E-state index contributed by atoms with van der Waals surface area (Å²) in [6.07, 6.45) is 2.53. The van der Waals surface area contributed by atoms with E-state index in [9.17, 15) is 9.59 Å². The maximum absolute atomic E-state index is 11.7. The third-order valence-electron chi connectivity index (χ3n) is 2.97. The van der Waals surface area contributed by atoms with Crippen LogP contribution in [-0.2, 0) is 9.59 Å². The van der Waals surface area contributed by atoms with Gasteiger partial charge in [-0.15, -0.1) is 0 Å². The minimum absolute atomic E-state index is 0.337. The van der Waals surface area contributed by atoms with Crippen molar-refractivity contribution in [2.45, 2.75) is 0 Å². The fourth-order valence-electron chi connectivity index (χ4n) is 2.17. The lowest BCUT2D eigenvalue weighted by Gasteiger charge is -2.17. The van der Waals surface area contributed by atoms with E-state index < -0.39 is 0 Å². The number of hydrogen-bond acceptors (Lipinski definition) is 3. The maximum Gasteiger partial charge on any atom is 0.258 e. The van der Waals surface area contributed by atoms with Crippen LogP contribution in [0.25, 0.3) is 10.8 Å². The van der Waals surface area contributed by atoms with Crippen LogP contribution in [0.2, 0.25) is 0 Å². The van der Waals surface area contributed by atoms with E-state index in [1.54, 1.807) is 18.2 Å². The number of nitrogen functional groups attached to an aromatic ring is 1. The number of hydrogen-bond donors (Lipinski definition) is 1. The van der Waals surface area contributed by atoms with Crippen molar-refractivity contribution in [1.82, 2.24) is 0 Å². The Hall–Kier alpha value is -2.62. The standard InChI is InChI=1S/C14H10N2O2/c15-10-5-1-3-9-4-2-6-11(14(9)10)16-12(17)7-8-13(16)18/h1-8H,15H2. The van der Waals surface area contributed by atoms with Gasteiger partial charge in [-0.1, -0.05) is 24.3 Å². The second-order valence-corrected chi connectivity index (χ2v) is 4.07. The minimum Gasteiger partial charge on any atom is -0.398 e. The average molecular weight is 238 g/mol. The van der Waals surface area contributed by atoms with Crippen LogP contribution in [0, 0.1) is 0 Å². The van der Waals surface area contributed by atoms with Crippen molar-refractivity contribution in [1.29, 1.82) is 0 Å². The van der Waals surface area contributed by atoms with Crippen LogP contribution in [0.15, 0.2) is 48.6 Å². The molecule has 0 bridgehead atoms. The Kier molecular flexibility index (Phi) is 2.16. The Morgan fingerprint density at radius 1 is 0.889 bits per heavy atom. The Balaban J connectivity index is 2.30. The molecule has 0 unspecified atom stereocenters. The Morgan fingerprint density at radius 2 is 1.50 bits per heavy atom. The van der Waals surface area contributed by atoms with Crippen molar-refractivity contribution in [3.8, 4) is 0 Å². The topological polar surface area (TPSA) is 63.4 Å². The zero-order chi connectivity index (χ0) is 12.7. The summed E-state index contributed by atoms with van der Waals surface area (Å²) in [4.78, 5) is 24.6. The van der Waals surface area contributed by atoms with Crippen molar-refractivity contribution in [2.24, 2.45) is 0 Å². The van der Waals surface area contributed by atoms with E-state index in [1.807, 2.05) is 18.2 Å². The van der Waals surface area contributed by atoms with E-state index in [2.05, 4.69) is 0 Å². The molecule has 3 rings (SSSR count). The molecule has 4 heteroatoms. The summed E-state index contributed by atoms with van der Waals surface area (Å²) in [5, 5.41) is 1.63. The number of anilines is 2. The molecule has 18 heavy (non-hydrogen) atoms. The highest BCUT2D eigenvalue weighted by Crippen LogP contribution is 2.32. The molecule has 1 aliphatic heterocycles. The predicted molar refractivity (Wildman–Crippen MR) is 70.0 cm³/mol. The van der Waals surface area contributed by atoms with Crippen LogP contribution in [0.1, 0.15) is 0 Å². The van der Waals surface area contributed by atoms with Gasteiger partial charge in [0.25, 0.3) is 11.8 Å². The normalized spacial score (nSPS) is 14.8. The van der Waals surface area contributed by atoms with Crippen molar-refractivity contribution < 1.29 is 9.59 Å². The monoisotopic (exact) mass is 238 g/mol. The fourth-order valence-corrected chi connectivity index (χ4v) is 2.17. The van der Waals surface area contributed by atoms with Crippen LogP contribution in [0.4, 0.5) is 11.4 Å². The molecule has 0 radical (unpaired) electrons. The largest absolute Gasteiger partial charge is 0.398 e. The van der Waals surface area contributed by atoms with Gasteiger partial charge < -0.3 is 5.73 Å². The smallest absolute Gasteiger partial charge is 0.258 e. The van der Waals surface area contributed by atoms with Crippen LogP contribution >= 0.6 is 0 Å². The van der Waals surface area contributed by atoms with E-state index >= 15 is 0 Å². The molecule has 2 amide bonds. The van der Waals surface area contributed by atoms with Crippen molar-refractivity contribution >= 4 is 34.0 Å². The highest BCUT2D eigenvalue weighted by molar-refractivity contribution is 6.30. The van der Waals surface area contributed by atoms with E-state index in [1.165, 1.54) is 12.2 Å². The van der Waals surface area contributed by atoms with Gasteiger partial charge in [0.05, 0.1) is 5.69 Å². The van der Waals surface area contributed by atoms with Gasteiger partial charge in [-0.2, -0.15) is 0 Å². The molecular formula is C14H10N2O2. The van der Waals surface area contributed by atoms with Gasteiger partial charge in [0.1, 0.15) is 0 Å². The van der Waals surface area contributed by atoms with Crippen molar-refractivity contribution in [3.05, 3.63) is 48.6 Å². The molecule has 0 aliphatic carbocycles. The number of carbonyl (C=O) groups is 2. The molecule has 0 saturated heterocycles. The lowest BCUT2D eigenvalue weighted by Crippen LogP contribution is -2.29. The molecule has 4 nitrogen and oxygen atoms in total. The number of rotatable bonds is 1. The highest BCUT2D eigenvalue weighted by Gasteiger charge is 2.26. The maximum atomic E-state index is 11.7. The van der Waals surface area contributed by atoms with Crippen LogP contribution < -0.4 is 10.6 Å². The first-order valence-corrected chi connectivity index (χ1v) is 5.52. The third kappa shape index (κ3) is 1.39. The minimum atomic E-state index is -0.337. The molecule has 0 fully saturated rings. The predicted octanol–water partition coefficient (Wildman–Crippen LogP) is 1.85. The Labute approximate surface area is 103 Å². The van der Waals surface area contributed by atoms with Crippen LogP contribution in [0.5, 0.6) is 0 Å². The highest BCUT2D eigenvalue weighted by atomic mass is 16.2. The van der Waals surface area contributed by atoms with Crippen LogP contribution in [0.3, 0.4) is 0 Å². The summed E-state index contributed by atoms with van der Waals surface area (Å²) in [7, 11) is 0. The summed E-state index contributed by atoms with van der Waals surface area (Å²) in [5.74, 6) is -0.675. The molecule has 1 heterocycles. The fraction of sp³-hybridized carbons (Fsp3) is 0. The summed E-state index contributed by atoms with van der Waals surface area (Å²) in [5.41, 5.74) is 7.03. The lowest BCUT2D eigenvalue weighted by molar-refractivity contribution is -0.119. The van der Waals surface area contributed by atoms with Gasteiger partial charge in [0.2, 0.25) is 0 Å². The molecule has 1 aliphatic rings. The molecule has 0 aromatic heterocycles. The van der Waals surface area contributed by atoms with Gasteiger partial charge in [0, 0.05) is 23.2 Å². The SMILES string of the molecule is Nc1cccc2cccc(N3C(=O)C=CC3=O)c12. The number of nitrogens with two attached hydrogens (primary N) is 1. The number of benzene rings is 2. The van der Waals surface area contributed by atoms with E-state index in [-0.39, 0.29) is 11.8 Å².